The van der Waals surface area contributed by atoms with Gasteiger partial charge in [-0.15, -0.1) is 0 Å². The van der Waals surface area contributed by atoms with Crippen LogP contribution in [0, 0.1) is 0 Å². The fourth-order valence-corrected chi connectivity index (χ4v) is 3.33. The summed E-state index contributed by atoms with van der Waals surface area (Å²) in [7, 11) is 0. The predicted octanol–water partition coefficient (Wildman–Crippen LogP) is 3.63. The zero-order chi connectivity index (χ0) is 15.4. The fourth-order valence-electron chi connectivity index (χ4n) is 3.33. The molecule has 1 aliphatic rings. The molecule has 0 spiro atoms. The molecule has 3 heteroatoms. The molecule has 22 heavy (non-hydrogen) atoms. The Balaban J connectivity index is 1.96. The fraction of sp³-hybridized carbons (Fsp3) is 0.421. The molecule has 0 amide bonds. The van der Waals surface area contributed by atoms with Crippen LogP contribution in [0.4, 0.5) is 0 Å². The summed E-state index contributed by atoms with van der Waals surface area (Å²) >= 11 is 0. The maximum Gasteiger partial charge on any atom is 0.315 e. The zero-order valence-electron chi connectivity index (χ0n) is 13.0. The van der Waals surface area contributed by atoms with Crippen molar-refractivity contribution in [2.45, 2.75) is 38.1 Å². The number of hydrogen-bond acceptors (Lipinski definition) is 3. The van der Waals surface area contributed by atoms with Crippen molar-refractivity contribution in [1.29, 1.82) is 0 Å². The topological polar surface area (TPSA) is 38.3 Å². The van der Waals surface area contributed by atoms with E-state index in [0.717, 1.165) is 18.5 Å². The summed E-state index contributed by atoms with van der Waals surface area (Å²) in [5.41, 5.74) is 1.05. The molecule has 2 aromatic carbocycles. The molecule has 3 rings (SSSR count). The van der Waals surface area contributed by atoms with Gasteiger partial charge in [0.05, 0.1) is 12.5 Å². The summed E-state index contributed by atoms with van der Waals surface area (Å²) in [6, 6.07) is 14.7. The maximum atomic E-state index is 12.5. The molecule has 1 saturated heterocycles. The Morgan fingerprint density at radius 1 is 1.23 bits per heavy atom. The van der Waals surface area contributed by atoms with Crippen molar-refractivity contribution in [1.82, 2.24) is 5.32 Å². The van der Waals surface area contributed by atoms with Crippen LogP contribution in [0.15, 0.2) is 42.5 Å². The third-order valence-electron chi connectivity index (χ3n) is 4.42. The number of carbonyl (C=O) groups excluding carboxylic acids is 1. The van der Waals surface area contributed by atoms with Crippen LogP contribution in [0.3, 0.4) is 0 Å². The van der Waals surface area contributed by atoms with Gasteiger partial charge in [-0.2, -0.15) is 0 Å². The molecule has 1 fully saturated rings. The van der Waals surface area contributed by atoms with E-state index in [1.54, 1.807) is 0 Å². The molecule has 1 N–H and O–H groups in total. The highest BCUT2D eigenvalue weighted by atomic mass is 16.5. The summed E-state index contributed by atoms with van der Waals surface area (Å²) in [5, 5.41) is 5.88. The number of rotatable bonds is 4. The van der Waals surface area contributed by atoms with Gasteiger partial charge in [0.1, 0.15) is 0 Å². The SMILES string of the molecule is CCOC(=O)[C@H](c1ccc2ccccc2c1)[C@H]1CCCCN1. The highest BCUT2D eigenvalue weighted by molar-refractivity contribution is 5.86. The maximum absolute atomic E-state index is 12.5. The van der Waals surface area contributed by atoms with Crippen molar-refractivity contribution in [2.24, 2.45) is 0 Å². The van der Waals surface area contributed by atoms with Gasteiger partial charge in [0.2, 0.25) is 0 Å². The first-order valence-corrected chi connectivity index (χ1v) is 8.18. The monoisotopic (exact) mass is 297 g/mol. The molecular weight excluding hydrogens is 274 g/mol. The quantitative estimate of drug-likeness (QED) is 0.876. The van der Waals surface area contributed by atoms with Crippen LogP contribution >= 0.6 is 0 Å². The van der Waals surface area contributed by atoms with Gasteiger partial charge in [0, 0.05) is 6.04 Å². The summed E-state index contributed by atoms with van der Waals surface area (Å²) < 4.78 is 5.34. The van der Waals surface area contributed by atoms with E-state index in [1.807, 2.05) is 19.1 Å². The van der Waals surface area contributed by atoms with Crippen LogP contribution in [0.2, 0.25) is 0 Å². The van der Waals surface area contributed by atoms with E-state index in [2.05, 4.69) is 35.6 Å². The number of ether oxygens (including phenoxy) is 1. The number of fused-ring (bicyclic) bond motifs is 1. The van der Waals surface area contributed by atoms with E-state index in [4.69, 9.17) is 4.74 Å². The standard InChI is InChI=1S/C19H23NO2/c1-2-22-19(21)18(17-9-5-6-12-20-17)16-11-10-14-7-3-4-8-15(14)13-16/h3-4,7-8,10-11,13,17-18,20H,2,5-6,9,12H2,1H3/t17-,18-/m1/s1. The predicted molar refractivity (Wildman–Crippen MR) is 89.0 cm³/mol. The highest BCUT2D eigenvalue weighted by Gasteiger charge is 2.32. The lowest BCUT2D eigenvalue weighted by atomic mass is 9.85. The van der Waals surface area contributed by atoms with Gasteiger partial charge >= 0.3 is 5.97 Å². The first kappa shape index (κ1) is 15.0. The lowest BCUT2D eigenvalue weighted by Gasteiger charge is -2.30. The van der Waals surface area contributed by atoms with Crippen molar-refractivity contribution in [3.63, 3.8) is 0 Å². The second-order valence-corrected chi connectivity index (χ2v) is 5.89. The highest BCUT2D eigenvalue weighted by Crippen LogP contribution is 2.29. The average molecular weight is 297 g/mol. The average Bonchev–Trinajstić information content (AvgIpc) is 2.56. The Hall–Kier alpha value is -1.87. The lowest BCUT2D eigenvalue weighted by molar-refractivity contribution is -0.145. The number of piperidine rings is 1. The summed E-state index contributed by atoms with van der Waals surface area (Å²) in [4.78, 5) is 12.5. The van der Waals surface area contributed by atoms with E-state index in [-0.39, 0.29) is 17.9 Å². The zero-order valence-corrected chi connectivity index (χ0v) is 13.0. The normalized spacial score (nSPS) is 19.8. The second-order valence-electron chi connectivity index (χ2n) is 5.89. The molecule has 2 aromatic rings. The molecule has 3 nitrogen and oxygen atoms in total. The van der Waals surface area contributed by atoms with Gasteiger partial charge in [-0.25, -0.2) is 0 Å². The Morgan fingerprint density at radius 2 is 2.05 bits per heavy atom. The molecule has 0 aromatic heterocycles. The first-order valence-electron chi connectivity index (χ1n) is 8.18. The largest absolute Gasteiger partial charge is 0.465 e. The molecule has 1 heterocycles. The smallest absolute Gasteiger partial charge is 0.315 e. The second kappa shape index (κ2) is 6.93. The minimum Gasteiger partial charge on any atom is -0.465 e. The van der Waals surface area contributed by atoms with Crippen LogP contribution in [0.25, 0.3) is 10.8 Å². The molecule has 0 radical (unpaired) electrons. The van der Waals surface area contributed by atoms with Crippen molar-refractivity contribution in [2.75, 3.05) is 13.2 Å². The van der Waals surface area contributed by atoms with Crippen molar-refractivity contribution < 1.29 is 9.53 Å². The van der Waals surface area contributed by atoms with Gasteiger partial charge in [0.25, 0.3) is 0 Å². The molecule has 0 unspecified atom stereocenters. The first-order chi connectivity index (χ1) is 10.8. The number of carbonyl (C=O) groups is 1. The molecule has 0 bridgehead atoms. The Kier molecular flexibility index (Phi) is 4.74. The van der Waals surface area contributed by atoms with Crippen molar-refractivity contribution >= 4 is 16.7 Å². The summed E-state index contributed by atoms with van der Waals surface area (Å²) in [5.74, 6) is -0.331. The van der Waals surface area contributed by atoms with Gasteiger partial charge in [-0.1, -0.05) is 48.9 Å². The number of nitrogens with one attached hydrogen (secondary N) is 1. The minimum absolute atomic E-state index is 0.114. The third-order valence-corrected chi connectivity index (χ3v) is 4.42. The van der Waals surface area contributed by atoms with E-state index >= 15 is 0 Å². The Morgan fingerprint density at radius 3 is 2.77 bits per heavy atom. The summed E-state index contributed by atoms with van der Waals surface area (Å²) in [6.45, 7) is 3.27. The van der Waals surface area contributed by atoms with E-state index in [1.165, 1.54) is 23.6 Å². The number of benzene rings is 2. The van der Waals surface area contributed by atoms with Gasteiger partial charge < -0.3 is 10.1 Å². The Labute approximate surface area is 131 Å². The lowest BCUT2D eigenvalue weighted by Crippen LogP contribution is -2.42. The van der Waals surface area contributed by atoms with Crippen LogP contribution < -0.4 is 5.32 Å². The van der Waals surface area contributed by atoms with Gasteiger partial charge in [0.15, 0.2) is 0 Å². The van der Waals surface area contributed by atoms with Gasteiger partial charge in [-0.3, -0.25) is 4.79 Å². The van der Waals surface area contributed by atoms with Crippen molar-refractivity contribution in [3.05, 3.63) is 48.0 Å². The molecular formula is C19H23NO2. The summed E-state index contributed by atoms with van der Waals surface area (Å²) in [6.07, 6.45) is 3.38. The van der Waals surface area contributed by atoms with Crippen molar-refractivity contribution in [3.8, 4) is 0 Å². The molecule has 0 saturated carbocycles. The molecule has 116 valence electrons. The number of esters is 1. The number of hydrogen-bond donors (Lipinski definition) is 1. The van der Waals surface area contributed by atoms with Crippen LogP contribution in [0.5, 0.6) is 0 Å². The van der Waals surface area contributed by atoms with E-state index < -0.39 is 0 Å². The van der Waals surface area contributed by atoms with Crippen LogP contribution in [0.1, 0.15) is 37.7 Å². The third kappa shape index (κ3) is 3.14. The molecule has 0 aliphatic carbocycles. The van der Waals surface area contributed by atoms with Gasteiger partial charge in [-0.05, 0) is 42.6 Å². The van der Waals surface area contributed by atoms with Crippen LogP contribution in [-0.2, 0) is 9.53 Å². The minimum atomic E-state index is -0.218. The molecule has 2 atom stereocenters. The Bertz CT molecular complexity index is 647. The van der Waals surface area contributed by atoms with E-state index in [0.29, 0.717) is 6.61 Å². The molecule has 1 aliphatic heterocycles. The van der Waals surface area contributed by atoms with E-state index in [9.17, 15) is 4.79 Å². The van der Waals surface area contributed by atoms with Crippen LogP contribution in [-0.4, -0.2) is 25.2 Å².